The molecule has 3 amide bonds. The van der Waals surface area contributed by atoms with Gasteiger partial charge >= 0.3 is 6.03 Å². The molecule has 1 atom stereocenters. The Morgan fingerprint density at radius 3 is 2.72 bits per heavy atom. The fraction of sp³-hybridized carbons (Fsp3) is 0.381. The number of rotatable bonds is 4. The Morgan fingerprint density at radius 1 is 1.14 bits per heavy atom. The van der Waals surface area contributed by atoms with Gasteiger partial charge in [0.2, 0.25) is 0 Å². The molecule has 0 bridgehead atoms. The zero-order valence-electron chi connectivity index (χ0n) is 16.0. The maximum absolute atomic E-state index is 12.5. The smallest absolute Gasteiger partial charge is 0.319 e. The van der Waals surface area contributed by atoms with Crippen molar-refractivity contribution in [1.29, 1.82) is 0 Å². The standard InChI is InChI=1S/C21H24ClN5O2/c22-15-6-7-18(23-13-15)27-19(28)14-4-3-5-16(12-14)25-20(29)26-17-8-11-24-21(17)9-1-2-10-21/h3-7,12-13,17,24H,1-2,8-11H2,(H,23,27,28)(H2,25,26,29). The first-order chi connectivity index (χ1) is 14.0. The highest BCUT2D eigenvalue weighted by Gasteiger charge is 2.45. The number of nitrogens with zero attached hydrogens (tertiary/aromatic N) is 1. The fourth-order valence-electron chi connectivity index (χ4n) is 4.31. The van der Waals surface area contributed by atoms with E-state index in [1.165, 1.54) is 19.0 Å². The van der Waals surface area contributed by atoms with Gasteiger partial charge in [-0.3, -0.25) is 4.79 Å². The van der Waals surface area contributed by atoms with E-state index in [9.17, 15) is 9.59 Å². The lowest BCUT2D eigenvalue weighted by Gasteiger charge is -2.31. The van der Waals surface area contributed by atoms with Crippen LogP contribution in [0.5, 0.6) is 0 Å². The van der Waals surface area contributed by atoms with Crippen LogP contribution in [0.15, 0.2) is 42.6 Å². The molecule has 1 saturated heterocycles. The minimum absolute atomic E-state index is 0.0463. The summed E-state index contributed by atoms with van der Waals surface area (Å²) < 4.78 is 0. The molecule has 1 aromatic heterocycles. The van der Waals surface area contributed by atoms with E-state index in [0.29, 0.717) is 22.1 Å². The minimum Gasteiger partial charge on any atom is -0.333 e. The molecule has 1 aliphatic carbocycles. The van der Waals surface area contributed by atoms with E-state index >= 15 is 0 Å². The third-order valence-electron chi connectivity index (χ3n) is 5.73. The van der Waals surface area contributed by atoms with Gasteiger partial charge in [0, 0.05) is 29.0 Å². The number of nitrogens with one attached hydrogen (secondary N) is 4. The molecule has 1 aromatic carbocycles. The molecular weight excluding hydrogens is 390 g/mol. The van der Waals surface area contributed by atoms with Gasteiger partial charge in [-0.1, -0.05) is 30.5 Å². The molecule has 152 valence electrons. The van der Waals surface area contributed by atoms with Gasteiger partial charge in [0.15, 0.2) is 0 Å². The lowest BCUT2D eigenvalue weighted by molar-refractivity contribution is 0.102. The summed E-state index contributed by atoms with van der Waals surface area (Å²) >= 11 is 5.81. The first kappa shape index (κ1) is 19.7. The summed E-state index contributed by atoms with van der Waals surface area (Å²) in [6, 6.07) is 9.98. The number of urea groups is 1. The van der Waals surface area contributed by atoms with Crippen molar-refractivity contribution in [3.8, 4) is 0 Å². The van der Waals surface area contributed by atoms with Gasteiger partial charge in [-0.2, -0.15) is 0 Å². The van der Waals surface area contributed by atoms with Crippen LogP contribution in [0.4, 0.5) is 16.3 Å². The summed E-state index contributed by atoms with van der Waals surface area (Å²) in [5.74, 6) is 0.0971. The van der Waals surface area contributed by atoms with Gasteiger partial charge in [0.1, 0.15) is 5.82 Å². The number of benzene rings is 1. The normalized spacial score (nSPS) is 19.8. The Balaban J connectivity index is 1.37. The molecule has 1 aliphatic heterocycles. The molecule has 8 heteroatoms. The zero-order chi connectivity index (χ0) is 20.3. The predicted molar refractivity (Wildman–Crippen MR) is 113 cm³/mol. The maximum atomic E-state index is 12.5. The average Bonchev–Trinajstić information content (AvgIpc) is 3.34. The summed E-state index contributed by atoms with van der Waals surface area (Å²) in [4.78, 5) is 29.1. The Hall–Kier alpha value is -2.64. The molecule has 2 fully saturated rings. The summed E-state index contributed by atoms with van der Waals surface area (Å²) in [6.07, 6.45) is 7.01. The Bertz CT molecular complexity index is 891. The zero-order valence-corrected chi connectivity index (χ0v) is 16.8. The summed E-state index contributed by atoms with van der Waals surface area (Å²) in [6.45, 7) is 0.930. The van der Waals surface area contributed by atoms with E-state index in [0.717, 1.165) is 25.8 Å². The van der Waals surface area contributed by atoms with E-state index in [4.69, 9.17) is 11.6 Å². The molecule has 4 rings (SSSR count). The van der Waals surface area contributed by atoms with E-state index in [-0.39, 0.29) is 23.5 Å². The lowest BCUT2D eigenvalue weighted by Crippen LogP contribution is -2.54. The largest absolute Gasteiger partial charge is 0.333 e. The van der Waals surface area contributed by atoms with Crippen molar-refractivity contribution < 1.29 is 9.59 Å². The number of halogens is 1. The van der Waals surface area contributed by atoms with E-state index in [2.05, 4.69) is 26.3 Å². The first-order valence-corrected chi connectivity index (χ1v) is 10.3. The van der Waals surface area contributed by atoms with Gasteiger partial charge in [-0.15, -0.1) is 0 Å². The van der Waals surface area contributed by atoms with Crippen LogP contribution < -0.4 is 21.3 Å². The fourth-order valence-corrected chi connectivity index (χ4v) is 4.42. The number of aromatic nitrogens is 1. The topological polar surface area (TPSA) is 95.2 Å². The van der Waals surface area contributed by atoms with Gasteiger partial charge in [-0.05, 0) is 56.1 Å². The second kappa shape index (κ2) is 8.39. The maximum Gasteiger partial charge on any atom is 0.319 e. The predicted octanol–water partition coefficient (Wildman–Crippen LogP) is 3.78. The highest BCUT2D eigenvalue weighted by Crippen LogP contribution is 2.36. The van der Waals surface area contributed by atoms with Crippen molar-refractivity contribution in [3.63, 3.8) is 0 Å². The number of hydrogen-bond donors (Lipinski definition) is 4. The molecule has 1 spiro atoms. The minimum atomic E-state index is -0.311. The Kier molecular flexibility index (Phi) is 5.69. The highest BCUT2D eigenvalue weighted by atomic mass is 35.5. The Morgan fingerprint density at radius 2 is 1.97 bits per heavy atom. The Labute approximate surface area is 174 Å². The molecule has 4 N–H and O–H groups in total. The van der Waals surface area contributed by atoms with Crippen molar-refractivity contribution in [1.82, 2.24) is 15.6 Å². The summed E-state index contributed by atoms with van der Waals surface area (Å²) in [7, 11) is 0. The molecule has 7 nitrogen and oxygen atoms in total. The molecule has 29 heavy (non-hydrogen) atoms. The van der Waals surface area contributed by atoms with Crippen LogP contribution in [-0.2, 0) is 0 Å². The number of hydrogen-bond acceptors (Lipinski definition) is 4. The first-order valence-electron chi connectivity index (χ1n) is 9.90. The van der Waals surface area contributed by atoms with Crippen LogP contribution in [0, 0.1) is 0 Å². The van der Waals surface area contributed by atoms with Gasteiger partial charge in [-0.25, -0.2) is 9.78 Å². The van der Waals surface area contributed by atoms with Crippen molar-refractivity contribution >= 4 is 35.0 Å². The SMILES string of the molecule is O=C(Nc1cccc(C(=O)Nc2ccc(Cl)cn2)c1)NC1CCNC12CCCC2. The van der Waals surface area contributed by atoms with Crippen molar-refractivity contribution in [2.75, 3.05) is 17.2 Å². The van der Waals surface area contributed by atoms with Gasteiger partial charge < -0.3 is 21.3 Å². The van der Waals surface area contributed by atoms with Crippen LogP contribution in [0.3, 0.4) is 0 Å². The van der Waals surface area contributed by atoms with Crippen molar-refractivity contribution in [3.05, 3.63) is 53.2 Å². The average molecular weight is 414 g/mol. The lowest BCUT2D eigenvalue weighted by atomic mass is 9.90. The third kappa shape index (κ3) is 4.52. The van der Waals surface area contributed by atoms with Gasteiger partial charge in [0.25, 0.3) is 5.91 Å². The van der Waals surface area contributed by atoms with E-state index in [1.54, 1.807) is 36.4 Å². The molecule has 2 heterocycles. The molecule has 0 radical (unpaired) electrons. The highest BCUT2D eigenvalue weighted by molar-refractivity contribution is 6.30. The summed E-state index contributed by atoms with van der Waals surface area (Å²) in [5, 5.41) is 12.8. The van der Waals surface area contributed by atoms with E-state index < -0.39 is 0 Å². The molecule has 1 saturated carbocycles. The number of carbonyl (C=O) groups excluding carboxylic acids is 2. The quantitative estimate of drug-likeness (QED) is 0.613. The monoisotopic (exact) mass is 413 g/mol. The van der Waals surface area contributed by atoms with Crippen LogP contribution in [0.1, 0.15) is 42.5 Å². The van der Waals surface area contributed by atoms with Crippen LogP contribution in [0.25, 0.3) is 0 Å². The number of anilines is 2. The van der Waals surface area contributed by atoms with Gasteiger partial charge in [0.05, 0.1) is 5.02 Å². The van der Waals surface area contributed by atoms with E-state index in [1.807, 2.05) is 0 Å². The second-order valence-electron chi connectivity index (χ2n) is 7.63. The van der Waals surface area contributed by atoms with Crippen LogP contribution in [-0.4, -0.2) is 35.0 Å². The third-order valence-corrected chi connectivity index (χ3v) is 5.95. The summed E-state index contributed by atoms with van der Waals surface area (Å²) in [5.41, 5.74) is 1.03. The molecule has 2 aliphatic rings. The van der Waals surface area contributed by atoms with Crippen molar-refractivity contribution in [2.24, 2.45) is 0 Å². The second-order valence-corrected chi connectivity index (χ2v) is 8.06. The number of amides is 3. The molecular formula is C21H24ClN5O2. The van der Waals surface area contributed by atoms with Crippen LogP contribution in [0.2, 0.25) is 5.02 Å². The van der Waals surface area contributed by atoms with Crippen LogP contribution >= 0.6 is 11.6 Å². The van der Waals surface area contributed by atoms with Crippen molar-refractivity contribution in [2.45, 2.75) is 43.7 Å². The molecule has 1 unspecified atom stereocenters. The number of carbonyl (C=O) groups is 2. The molecule has 2 aromatic rings. The number of pyridine rings is 1.